The molecule has 7 nitrogen and oxygen atoms in total. The summed E-state index contributed by atoms with van der Waals surface area (Å²) < 4.78 is 11.3. The van der Waals surface area contributed by atoms with E-state index in [9.17, 15) is 9.59 Å². The summed E-state index contributed by atoms with van der Waals surface area (Å²) in [6.07, 6.45) is 0. The van der Waals surface area contributed by atoms with Gasteiger partial charge in [0.15, 0.2) is 0 Å². The zero-order chi connectivity index (χ0) is 20.8. The van der Waals surface area contributed by atoms with Crippen LogP contribution >= 0.6 is 11.6 Å². The summed E-state index contributed by atoms with van der Waals surface area (Å²) in [7, 11) is 0. The molecule has 0 radical (unpaired) electrons. The highest BCUT2D eigenvalue weighted by molar-refractivity contribution is 6.38. The van der Waals surface area contributed by atoms with E-state index < -0.39 is 11.9 Å². The predicted molar refractivity (Wildman–Crippen MR) is 112 cm³/mol. The van der Waals surface area contributed by atoms with Gasteiger partial charge in [0.05, 0.1) is 18.8 Å². The van der Waals surface area contributed by atoms with Gasteiger partial charge < -0.3 is 20.5 Å². The Bertz CT molecular complexity index is 1090. The van der Waals surface area contributed by atoms with Gasteiger partial charge in [-0.05, 0) is 29.8 Å². The number of morpholine rings is 1. The first kappa shape index (κ1) is 19.1. The van der Waals surface area contributed by atoms with Gasteiger partial charge in [0.1, 0.15) is 18.4 Å². The van der Waals surface area contributed by atoms with Crippen LogP contribution in [0.15, 0.2) is 36.4 Å². The number of carbonyl (C=O) groups is 2. The van der Waals surface area contributed by atoms with Crippen molar-refractivity contribution in [3.8, 4) is 0 Å². The summed E-state index contributed by atoms with van der Waals surface area (Å²) in [5.41, 5.74) is 10.1. The van der Waals surface area contributed by atoms with Crippen molar-refractivity contribution in [1.29, 1.82) is 0 Å². The number of rotatable bonds is 3. The Labute approximate surface area is 178 Å². The topological polar surface area (TPSA) is 93.9 Å². The van der Waals surface area contributed by atoms with Crippen LogP contribution in [0.25, 0.3) is 11.3 Å². The van der Waals surface area contributed by atoms with E-state index >= 15 is 0 Å². The van der Waals surface area contributed by atoms with Gasteiger partial charge in [-0.2, -0.15) is 0 Å². The van der Waals surface area contributed by atoms with E-state index in [0.29, 0.717) is 60.5 Å². The highest BCUT2D eigenvalue weighted by Crippen LogP contribution is 2.43. The largest absolute Gasteiger partial charge is 0.487 e. The van der Waals surface area contributed by atoms with Crippen molar-refractivity contribution in [2.75, 3.05) is 31.6 Å². The van der Waals surface area contributed by atoms with Gasteiger partial charge in [0.2, 0.25) is 5.91 Å². The predicted octanol–water partition coefficient (Wildman–Crippen LogP) is 2.55. The van der Waals surface area contributed by atoms with Crippen molar-refractivity contribution in [2.24, 2.45) is 5.73 Å². The SMILES string of the molecule is NC(=O)C(c1ccc2c(c1)/C(=C1/C(=O)Nc3ccc(Cl)cc31)OC2)N1CCOCC1. The third kappa shape index (κ3) is 3.15. The number of benzene rings is 2. The first-order valence-corrected chi connectivity index (χ1v) is 10.1. The van der Waals surface area contributed by atoms with Crippen molar-refractivity contribution in [3.63, 3.8) is 0 Å². The van der Waals surface area contributed by atoms with Gasteiger partial charge in [-0.3, -0.25) is 14.5 Å². The molecule has 1 unspecified atom stereocenters. The molecule has 1 saturated heterocycles. The third-order valence-corrected chi connectivity index (χ3v) is 5.93. The van der Waals surface area contributed by atoms with Gasteiger partial charge in [0, 0.05) is 40.5 Å². The van der Waals surface area contributed by atoms with Crippen LogP contribution in [-0.4, -0.2) is 43.0 Å². The maximum absolute atomic E-state index is 12.7. The summed E-state index contributed by atoms with van der Waals surface area (Å²) in [4.78, 5) is 27.1. The van der Waals surface area contributed by atoms with Crippen LogP contribution in [0, 0.1) is 0 Å². The molecule has 30 heavy (non-hydrogen) atoms. The van der Waals surface area contributed by atoms with Gasteiger partial charge >= 0.3 is 0 Å². The molecule has 2 amide bonds. The summed E-state index contributed by atoms with van der Waals surface area (Å²) in [5.74, 6) is -0.156. The molecule has 0 saturated carbocycles. The summed E-state index contributed by atoms with van der Waals surface area (Å²) >= 11 is 6.16. The van der Waals surface area contributed by atoms with Crippen molar-refractivity contribution >= 4 is 40.4 Å². The van der Waals surface area contributed by atoms with Crippen molar-refractivity contribution < 1.29 is 19.1 Å². The number of carbonyl (C=O) groups excluding carboxylic acids is 2. The number of amides is 2. The minimum absolute atomic E-state index is 0.236. The van der Waals surface area contributed by atoms with E-state index in [1.54, 1.807) is 18.2 Å². The molecule has 2 aromatic carbocycles. The highest BCUT2D eigenvalue weighted by atomic mass is 35.5. The molecule has 154 valence electrons. The van der Waals surface area contributed by atoms with Gasteiger partial charge in [-0.1, -0.05) is 23.7 Å². The quantitative estimate of drug-likeness (QED) is 0.737. The summed E-state index contributed by atoms with van der Waals surface area (Å²) in [6, 6.07) is 10.4. The Balaban J connectivity index is 1.61. The lowest BCUT2D eigenvalue weighted by Gasteiger charge is -2.32. The van der Waals surface area contributed by atoms with Crippen molar-refractivity contribution in [1.82, 2.24) is 4.90 Å². The first-order valence-electron chi connectivity index (χ1n) is 9.75. The molecule has 2 aromatic rings. The molecule has 3 aliphatic rings. The van der Waals surface area contributed by atoms with E-state index in [-0.39, 0.29) is 5.91 Å². The van der Waals surface area contributed by atoms with E-state index in [2.05, 4.69) is 5.32 Å². The Morgan fingerprint density at radius 3 is 2.70 bits per heavy atom. The fraction of sp³-hybridized carbons (Fsp3) is 0.273. The zero-order valence-corrected chi connectivity index (χ0v) is 16.9. The van der Waals surface area contributed by atoms with Crippen LogP contribution in [-0.2, 0) is 25.7 Å². The maximum atomic E-state index is 12.7. The average molecular weight is 426 g/mol. The molecule has 3 N–H and O–H groups in total. The summed E-state index contributed by atoms with van der Waals surface area (Å²) in [5, 5.41) is 3.40. The molecule has 0 aromatic heterocycles. The molecule has 1 atom stereocenters. The number of hydrogen-bond donors (Lipinski definition) is 2. The molecule has 3 heterocycles. The fourth-order valence-corrected chi connectivity index (χ4v) is 4.46. The highest BCUT2D eigenvalue weighted by Gasteiger charge is 2.34. The number of nitrogens with zero attached hydrogens (tertiary/aromatic N) is 1. The number of nitrogens with one attached hydrogen (secondary N) is 1. The fourth-order valence-electron chi connectivity index (χ4n) is 4.29. The maximum Gasteiger partial charge on any atom is 0.260 e. The van der Waals surface area contributed by atoms with Crippen LogP contribution in [0.4, 0.5) is 5.69 Å². The number of ether oxygens (including phenoxy) is 2. The standard InChI is InChI=1S/C22H20ClN3O4/c23-14-3-4-17-16(10-14)18(22(28)25-17)20-15-9-12(1-2-13(15)11-30-20)19(21(24)27)26-5-7-29-8-6-26/h1-4,9-10,19H,5-8,11H2,(H2,24,27)(H,25,28)/b20-18-. The molecule has 0 aliphatic carbocycles. The number of anilines is 1. The van der Waals surface area contributed by atoms with Crippen LogP contribution in [0.5, 0.6) is 0 Å². The van der Waals surface area contributed by atoms with Crippen molar-refractivity contribution in [2.45, 2.75) is 12.6 Å². The summed E-state index contributed by atoms with van der Waals surface area (Å²) in [6.45, 7) is 2.74. The molecular formula is C22H20ClN3O4. The molecule has 3 aliphatic heterocycles. The van der Waals surface area contributed by atoms with Crippen LogP contribution in [0.2, 0.25) is 5.02 Å². The van der Waals surface area contributed by atoms with Crippen LogP contribution in [0.3, 0.4) is 0 Å². The Morgan fingerprint density at radius 2 is 1.93 bits per heavy atom. The lowest BCUT2D eigenvalue weighted by atomic mass is 9.95. The second-order valence-corrected chi connectivity index (χ2v) is 7.94. The minimum atomic E-state index is -0.565. The lowest BCUT2D eigenvalue weighted by molar-refractivity contribution is -0.125. The van der Waals surface area contributed by atoms with E-state index in [0.717, 1.165) is 16.7 Å². The smallest absolute Gasteiger partial charge is 0.260 e. The Morgan fingerprint density at radius 1 is 1.13 bits per heavy atom. The molecule has 0 spiro atoms. The van der Waals surface area contributed by atoms with Gasteiger partial charge in [0.25, 0.3) is 5.91 Å². The van der Waals surface area contributed by atoms with Gasteiger partial charge in [-0.25, -0.2) is 0 Å². The van der Waals surface area contributed by atoms with E-state index in [4.69, 9.17) is 26.8 Å². The molecular weight excluding hydrogens is 406 g/mol. The van der Waals surface area contributed by atoms with Crippen LogP contribution in [0.1, 0.15) is 28.3 Å². The number of halogens is 1. The number of hydrogen-bond acceptors (Lipinski definition) is 5. The van der Waals surface area contributed by atoms with E-state index in [1.165, 1.54) is 0 Å². The molecule has 1 fully saturated rings. The van der Waals surface area contributed by atoms with Crippen molar-refractivity contribution in [3.05, 3.63) is 63.7 Å². The second kappa shape index (κ2) is 7.43. The van der Waals surface area contributed by atoms with Crippen LogP contribution < -0.4 is 11.1 Å². The normalized spacial score (nSPS) is 21.6. The first-order chi connectivity index (χ1) is 14.5. The second-order valence-electron chi connectivity index (χ2n) is 7.51. The minimum Gasteiger partial charge on any atom is -0.487 e. The van der Waals surface area contributed by atoms with Gasteiger partial charge in [-0.15, -0.1) is 0 Å². The zero-order valence-electron chi connectivity index (χ0n) is 16.1. The number of primary amides is 1. The monoisotopic (exact) mass is 425 g/mol. The third-order valence-electron chi connectivity index (χ3n) is 5.70. The molecule has 8 heteroatoms. The Hall–Kier alpha value is -2.87. The lowest BCUT2D eigenvalue weighted by Crippen LogP contribution is -2.44. The Kier molecular flexibility index (Phi) is 4.73. The number of nitrogens with two attached hydrogens (primary N) is 1. The van der Waals surface area contributed by atoms with E-state index in [1.807, 2.05) is 23.1 Å². The molecule has 0 bridgehead atoms. The molecule has 5 rings (SSSR count). The number of fused-ring (bicyclic) bond motifs is 2. The average Bonchev–Trinajstić information content (AvgIpc) is 3.28.